The first-order chi connectivity index (χ1) is 9.49. The summed E-state index contributed by atoms with van der Waals surface area (Å²) in [6, 6.07) is 4.41. The van der Waals surface area contributed by atoms with Crippen LogP contribution in [0, 0.1) is 17.0 Å². The highest BCUT2D eigenvalue weighted by Crippen LogP contribution is 2.21. The van der Waals surface area contributed by atoms with Gasteiger partial charge in [0.2, 0.25) is 11.8 Å². The molecule has 7 nitrogen and oxygen atoms in total. The Morgan fingerprint density at radius 3 is 2.85 bits per heavy atom. The van der Waals surface area contributed by atoms with Gasteiger partial charge in [-0.3, -0.25) is 25.0 Å². The Hall–Kier alpha value is -2.28. The highest BCUT2D eigenvalue weighted by Gasteiger charge is 2.26. The SMILES string of the molecule is Cc1c(CNC2CCC(=O)NC2=O)cccc1[N+](=O)[O-]. The lowest BCUT2D eigenvalue weighted by molar-refractivity contribution is -0.385. The summed E-state index contributed by atoms with van der Waals surface area (Å²) in [4.78, 5) is 33.0. The third-order valence-corrected chi connectivity index (χ3v) is 3.39. The molecule has 106 valence electrons. The predicted molar refractivity (Wildman–Crippen MR) is 70.8 cm³/mol. The van der Waals surface area contributed by atoms with Crippen LogP contribution in [-0.2, 0) is 16.1 Å². The van der Waals surface area contributed by atoms with Gasteiger partial charge in [-0.2, -0.15) is 0 Å². The number of benzene rings is 1. The molecule has 1 fully saturated rings. The van der Waals surface area contributed by atoms with Gasteiger partial charge in [0.15, 0.2) is 0 Å². The Morgan fingerprint density at radius 2 is 2.20 bits per heavy atom. The zero-order valence-electron chi connectivity index (χ0n) is 11.0. The summed E-state index contributed by atoms with van der Waals surface area (Å²) in [5.74, 6) is -0.607. The van der Waals surface area contributed by atoms with Crippen LogP contribution in [0.25, 0.3) is 0 Å². The van der Waals surface area contributed by atoms with Gasteiger partial charge in [0.05, 0.1) is 11.0 Å². The van der Waals surface area contributed by atoms with E-state index in [2.05, 4.69) is 10.6 Å². The predicted octanol–water partition coefficient (Wildman–Crippen LogP) is 0.798. The lowest BCUT2D eigenvalue weighted by Crippen LogP contribution is -2.50. The van der Waals surface area contributed by atoms with Gasteiger partial charge in [-0.1, -0.05) is 12.1 Å². The van der Waals surface area contributed by atoms with Crippen molar-refractivity contribution in [3.8, 4) is 0 Å². The highest BCUT2D eigenvalue weighted by molar-refractivity contribution is 6.00. The van der Waals surface area contributed by atoms with Crippen LogP contribution in [0.1, 0.15) is 24.0 Å². The molecule has 2 N–H and O–H groups in total. The standard InChI is InChI=1S/C13H15N3O4/c1-8-9(3-2-4-11(8)16(19)20)7-14-10-5-6-12(17)15-13(10)18/h2-4,10,14H,5-7H2,1H3,(H,15,17,18). The van der Waals surface area contributed by atoms with E-state index in [9.17, 15) is 19.7 Å². The molecule has 2 amide bonds. The second kappa shape index (κ2) is 5.79. The maximum atomic E-state index is 11.6. The second-order valence-electron chi connectivity index (χ2n) is 4.70. The lowest BCUT2D eigenvalue weighted by Gasteiger charge is -2.22. The average Bonchev–Trinajstić information content (AvgIpc) is 2.39. The molecule has 1 aromatic rings. The fourth-order valence-electron chi connectivity index (χ4n) is 2.18. The van der Waals surface area contributed by atoms with Gasteiger partial charge in [0.25, 0.3) is 5.69 Å². The molecule has 0 spiro atoms. The van der Waals surface area contributed by atoms with Crippen LogP contribution in [0.15, 0.2) is 18.2 Å². The Kier molecular flexibility index (Phi) is 4.09. The molecule has 0 radical (unpaired) electrons. The van der Waals surface area contributed by atoms with Gasteiger partial charge >= 0.3 is 0 Å². The van der Waals surface area contributed by atoms with Gasteiger partial charge in [-0.25, -0.2) is 0 Å². The van der Waals surface area contributed by atoms with Crippen molar-refractivity contribution in [1.29, 1.82) is 0 Å². The van der Waals surface area contributed by atoms with E-state index in [1.165, 1.54) is 6.07 Å². The number of hydrogen-bond acceptors (Lipinski definition) is 5. The molecular formula is C13H15N3O4. The average molecular weight is 277 g/mol. The van der Waals surface area contributed by atoms with Gasteiger partial charge in [-0.15, -0.1) is 0 Å². The van der Waals surface area contributed by atoms with Crippen molar-refractivity contribution in [2.45, 2.75) is 32.4 Å². The minimum atomic E-state index is -0.439. The van der Waals surface area contributed by atoms with Crippen LogP contribution in [0.3, 0.4) is 0 Å². The van der Waals surface area contributed by atoms with Crippen molar-refractivity contribution in [3.63, 3.8) is 0 Å². The summed E-state index contributed by atoms with van der Waals surface area (Å²) < 4.78 is 0. The summed E-state index contributed by atoms with van der Waals surface area (Å²) in [5, 5.41) is 16.1. The van der Waals surface area contributed by atoms with E-state index in [1.807, 2.05) is 0 Å². The monoisotopic (exact) mass is 277 g/mol. The molecule has 1 unspecified atom stereocenters. The third-order valence-electron chi connectivity index (χ3n) is 3.39. The molecule has 1 heterocycles. The van der Waals surface area contributed by atoms with Crippen LogP contribution < -0.4 is 10.6 Å². The van der Waals surface area contributed by atoms with E-state index < -0.39 is 11.0 Å². The fourth-order valence-corrected chi connectivity index (χ4v) is 2.18. The number of carbonyl (C=O) groups is 2. The molecule has 1 aromatic carbocycles. The fraction of sp³-hybridized carbons (Fsp3) is 0.385. The van der Waals surface area contributed by atoms with E-state index in [1.54, 1.807) is 19.1 Å². The van der Waals surface area contributed by atoms with Crippen LogP contribution in [0.5, 0.6) is 0 Å². The zero-order chi connectivity index (χ0) is 14.7. The lowest BCUT2D eigenvalue weighted by atomic mass is 10.0. The summed E-state index contributed by atoms with van der Waals surface area (Å²) in [5.41, 5.74) is 1.41. The second-order valence-corrected chi connectivity index (χ2v) is 4.70. The van der Waals surface area contributed by atoms with Gasteiger partial charge in [0.1, 0.15) is 0 Å². The van der Waals surface area contributed by atoms with Crippen molar-refractivity contribution in [2.24, 2.45) is 0 Å². The smallest absolute Gasteiger partial charge is 0.272 e. The molecular weight excluding hydrogens is 262 g/mol. The van der Waals surface area contributed by atoms with E-state index in [4.69, 9.17) is 0 Å². The van der Waals surface area contributed by atoms with Gasteiger partial charge in [0, 0.05) is 24.6 Å². The Morgan fingerprint density at radius 1 is 1.45 bits per heavy atom. The number of amides is 2. The molecule has 0 saturated carbocycles. The Bertz CT molecular complexity index is 571. The van der Waals surface area contributed by atoms with Crippen LogP contribution in [-0.4, -0.2) is 22.8 Å². The topological polar surface area (TPSA) is 101 Å². The summed E-state index contributed by atoms with van der Waals surface area (Å²) >= 11 is 0. The third kappa shape index (κ3) is 3.00. The van der Waals surface area contributed by atoms with Crippen LogP contribution in [0.2, 0.25) is 0 Å². The zero-order valence-corrected chi connectivity index (χ0v) is 11.0. The number of imide groups is 1. The molecule has 0 aromatic heterocycles. The number of nitrogens with one attached hydrogen (secondary N) is 2. The van der Waals surface area contributed by atoms with E-state index in [0.29, 0.717) is 24.9 Å². The van der Waals surface area contributed by atoms with E-state index >= 15 is 0 Å². The summed E-state index contributed by atoms with van der Waals surface area (Å²) in [7, 11) is 0. The van der Waals surface area contributed by atoms with Gasteiger partial charge in [-0.05, 0) is 18.9 Å². The number of carbonyl (C=O) groups excluding carboxylic acids is 2. The van der Waals surface area contributed by atoms with Crippen LogP contribution >= 0.6 is 0 Å². The van der Waals surface area contributed by atoms with Gasteiger partial charge < -0.3 is 5.32 Å². The molecule has 20 heavy (non-hydrogen) atoms. The molecule has 1 aliphatic rings. The molecule has 2 rings (SSSR count). The summed E-state index contributed by atoms with van der Waals surface area (Å²) in [6.07, 6.45) is 0.746. The van der Waals surface area contributed by atoms with Crippen molar-refractivity contribution in [1.82, 2.24) is 10.6 Å². The van der Waals surface area contributed by atoms with E-state index in [-0.39, 0.29) is 17.5 Å². The largest absolute Gasteiger partial charge is 0.302 e. The molecule has 0 bridgehead atoms. The maximum absolute atomic E-state index is 11.6. The first kappa shape index (κ1) is 14.1. The molecule has 1 saturated heterocycles. The highest BCUT2D eigenvalue weighted by atomic mass is 16.6. The first-order valence-electron chi connectivity index (χ1n) is 6.29. The number of piperidine rings is 1. The number of hydrogen-bond donors (Lipinski definition) is 2. The van der Waals surface area contributed by atoms with Crippen molar-refractivity contribution >= 4 is 17.5 Å². The number of nitro groups is 1. The quantitative estimate of drug-likeness (QED) is 0.481. The van der Waals surface area contributed by atoms with Crippen molar-refractivity contribution in [3.05, 3.63) is 39.4 Å². The molecule has 1 aliphatic heterocycles. The molecule has 1 atom stereocenters. The first-order valence-corrected chi connectivity index (χ1v) is 6.29. The Balaban J connectivity index is 2.04. The maximum Gasteiger partial charge on any atom is 0.272 e. The minimum absolute atomic E-state index is 0.0626. The molecule has 0 aliphatic carbocycles. The molecule has 7 heteroatoms. The normalized spacial score (nSPS) is 18.8. The van der Waals surface area contributed by atoms with Crippen molar-refractivity contribution in [2.75, 3.05) is 0 Å². The van der Waals surface area contributed by atoms with Crippen LogP contribution in [0.4, 0.5) is 5.69 Å². The number of rotatable bonds is 4. The van der Waals surface area contributed by atoms with E-state index in [0.717, 1.165) is 5.56 Å². The summed E-state index contributed by atoms with van der Waals surface area (Å²) in [6.45, 7) is 2.03. The Labute approximate surface area is 115 Å². The van der Waals surface area contributed by atoms with Crippen molar-refractivity contribution < 1.29 is 14.5 Å². The number of nitrogens with zero attached hydrogens (tertiary/aromatic N) is 1. The number of nitro benzene ring substituents is 1. The minimum Gasteiger partial charge on any atom is -0.302 e.